The van der Waals surface area contributed by atoms with Gasteiger partial charge >= 0.3 is 0 Å². The minimum absolute atomic E-state index is 1.01. The maximum Gasteiger partial charge on any atom is 0.0344 e. The lowest BCUT2D eigenvalue weighted by Gasteiger charge is -2.20. The Balaban J connectivity index is 2.54. The molecule has 0 aliphatic carbocycles. The van der Waals surface area contributed by atoms with Crippen LogP contribution >= 0.6 is 15.9 Å². The zero-order valence-corrected chi connectivity index (χ0v) is 8.32. The average molecular weight is 224 g/mol. The van der Waals surface area contributed by atoms with Gasteiger partial charge < -0.3 is 5.32 Å². The van der Waals surface area contributed by atoms with Gasteiger partial charge in [-0.1, -0.05) is 28.6 Å². The SMILES string of the molecule is C=C1NCCc2ccc(Br)cc21. The maximum atomic E-state index is 3.96. The predicted octanol–water partition coefficient (Wildman–Crippen LogP) is 2.57. The van der Waals surface area contributed by atoms with Crippen LogP contribution in [0.5, 0.6) is 0 Å². The summed E-state index contributed by atoms with van der Waals surface area (Å²) >= 11 is 3.45. The van der Waals surface area contributed by atoms with E-state index in [1.165, 1.54) is 11.1 Å². The summed E-state index contributed by atoms with van der Waals surface area (Å²) in [5.41, 5.74) is 3.68. The van der Waals surface area contributed by atoms with E-state index < -0.39 is 0 Å². The number of benzene rings is 1. The molecule has 2 heteroatoms. The highest BCUT2D eigenvalue weighted by atomic mass is 79.9. The third-order valence-electron chi connectivity index (χ3n) is 2.13. The number of hydrogen-bond donors (Lipinski definition) is 1. The van der Waals surface area contributed by atoms with Crippen LogP contribution in [0, 0.1) is 0 Å². The van der Waals surface area contributed by atoms with Crippen LogP contribution in [0.4, 0.5) is 0 Å². The van der Waals surface area contributed by atoms with E-state index in [1.54, 1.807) is 0 Å². The summed E-state index contributed by atoms with van der Waals surface area (Å²) in [5.74, 6) is 0. The molecule has 0 amide bonds. The molecule has 1 aliphatic rings. The fourth-order valence-electron chi connectivity index (χ4n) is 1.49. The van der Waals surface area contributed by atoms with E-state index in [1.807, 2.05) is 0 Å². The topological polar surface area (TPSA) is 12.0 Å². The van der Waals surface area contributed by atoms with Crippen LogP contribution in [0.2, 0.25) is 0 Å². The Hall–Kier alpha value is -0.760. The lowest BCUT2D eigenvalue weighted by Crippen LogP contribution is -2.21. The molecule has 0 aromatic heterocycles. The zero-order valence-electron chi connectivity index (χ0n) is 6.73. The predicted molar refractivity (Wildman–Crippen MR) is 54.9 cm³/mol. The van der Waals surface area contributed by atoms with E-state index in [0.717, 1.165) is 23.1 Å². The van der Waals surface area contributed by atoms with Gasteiger partial charge in [0.05, 0.1) is 0 Å². The third-order valence-corrected chi connectivity index (χ3v) is 2.62. The van der Waals surface area contributed by atoms with Gasteiger partial charge in [0.1, 0.15) is 0 Å². The lowest BCUT2D eigenvalue weighted by molar-refractivity contribution is 0.815. The molecule has 1 nitrogen and oxygen atoms in total. The van der Waals surface area contributed by atoms with Crippen LogP contribution in [-0.4, -0.2) is 6.54 Å². The molecule has 0 atom stereocenters. The molecule has 0 fully saturated rings. The van der Waals surface area contributed by atoms with Gasteiger partial charge in [-0.2, -0.15) is 0 Å². The molecule has 2 rings (SSSR count). The summed E-state index contributed by atoms with van der Waals surface area (Å²) in [7, 11) is 0. The molecule has 0 radical (unpaired) electrons. The van der Waals surface area contributed by atoms with Crippen molar-refractivity contribution in [1.82, 2.24) is 5.32 Å². The largest absolute Gasteiger partial charge is 0.385 e. The summed E-state index contributed by atoms with van der Waals surface area (Å²) in [4.78, 5) is 0. The van der Waals surface area contributed by atoms with Crippen LogP contribution in [0.15, 0.2) is 29.3 Å². The molecule has 1 N–H and O–H groups in total. The second-order valence-corrected chi connectivity index (χ2v) is 3.87. The maximum absolute atomic E-state index is 3.96. The quantitative estimate of drug-likeness (QED) is 0.714. The van der Waals surface area contributed by atoms with Crippen molar-refractivity contribution >= 4 is 21.6 Å². The van der Waals surface area contributed by atoms with Gasteiger partial charge in [-0.25, -0.2) is 0 Å². The highest BCUT2D eigenvalue weighted by Gasteiger charge is 2.10. The zero-order chi connectivity index (χ0) is 8.55. The molecule has 0 saturated heterocycles. The fraction of sp³-hybridized carbons (Fsp3) is 0.200. The Morgan fingerprint density at radius 1 is 1.42 bits per heavy atom. The van der Waals surface area contributed by atoms with Crippen LogP contribution in [0.1, 0.15) is 11.1 Å². The summed E-state index contributed by atoms with van der Waals surface area (Å²) in [6, 6.07) is 6.35. The summed E-state index contributed by atoms with van der Waals surface area (Å²) in [6.45, 7) is 4.97. The van der Waals surface area contributed by atoms with E-state index in [9.17, 15) is 0 Å². The number of nitrogens with one attached hydrogen (secondary N) is 1. The van der Waals surface area contributed by atoms with Crippen molar-refractivity contribution in [3.8, 4) is 0 Å². The molecular weight excluding hydrogens is 214 g/mol. The van der Waals surface area contributed by atoms with Gasteiger partial charge in [0, 0.05) is 22.3 Å². The molecule has 12 heavy (non-hydrogen) atoms. The minimum atomic E-state index is 1.01. The van der Waals surface area contributed by atoms with Gasteiger partial charge in [-0.05, 0) is 24.1 Å². The lowest BCUT2D eigenvalue weighted by atomic mass is 9.99. The van der Waals surface area contributed by atoms with Crippen molar-refractivity contribution in [3.63, 3.8) is 0 Å². The highest BCUT2D eigenvalue weighted by Crippen LogP contribution is 2.24. The Kier molecular flexibility index (Phi) is 1.93. The Morgan fingerprint density at radius 2 is 2.25 bits per heavy atom. The van der Waals surface area contributed by atoms with Gasteiger partial charge in [-0.15, -0.1) is 0 Å². The van der Waals surface area contributed by atoms with Gasteiger partial charge in [0.25, 0.3) is 0 Å². The van der Waals surface area contributed by atoms with Gasteiger partial charge in [0.15, 0.2) is 0 Å². The molecule has 62 valence electrons. The van der Waals surface area contributed by atoms with E-state index in [-0.39, 0.29) is 0 Å². The molecule has 0 saturated carbocycles. The standard InChI is InChI=1S/C10H10BrN/c1-7-10-6-9(11)3-2-8(10)4-5-12-7/h2-3,6,12H,1,4-5H2. The van der Waals surface area contributed by atoms with Crippen molar-refractivity contribution in [1.29, 1.82) is 0 Å². The smallest absolute Gasteiger partial charge is 0.0344 e. The first-order valence-corrected chi connectivity index (χ1v) is 4.78. The monoisotopic (exact) mass is 223 g/mol. The van der Waals surface area contributed by atoms with Crippen LogP contribution < -0.4 is 5.32 Å². The molecule has 1 heterocycles. The van der Waals surface area contributed by atoms with Crippen molar-refractivity contribution in [2.45, 2.75) is 6.42 Å². The molecule has 0 bridgehead atoms. The van der Waals surface area contributed by atoms with E-state index >= 15 is 0 Å². The Bertz CT molecular complexity index is 331. The minimum Gasteiger partial charge on any atom is -0.385 e. The number of halogens is 1. The molecular formula is C10H10BrN. The van der Waals surface area contributed by atoms with E-state index in [4.69, 9.17) is 0 Å². The summed E-state index contributed by atoms with van der Waals surface area (Å²) < 4.78 is 1.12. The summed E-state index contributed by atoms with van der Waals surface area (Å²) in [5, 5.41) is 3.25. The first-order chi connectivity index (χ1) is 5.77. The van der Waals surface area contributed by atoms with Crippen LogP contribution in [0.3, 0.4) is 0 Å². The first kappa shape index (κ1) is 7.87. The molecule has 1 aliphatic heterocycles. The number of rotatable bonds is 0. The molecule has 1 aromatic carbocycles. The first-order valence-electron chi connectivity index (χ1n) is 3.99. The Labute approximate surface area is 80.6 Å². The average Bonchev–Trinajstić information content (AvgIpc) is 2.07. The van der Waals surface area contributed by atoms with Crippen molar-refractivity contribution in [3.05, 3.63) is 40.4 Å². The van der Waals surface area contributed by atoms with E-state index in [2.05, 4.69) is 46.0 Å². The second-order valence-electron chi connectivity index (χ2n) is 2.96. The van der Waals surface area contributed by atoms with Crippen LogP contribution in [-0.2, 0) is 6.42 Å². The van der Waals surface area contributed by atoms with Crippen molar-refractivity contribution < 1.29 is 0 Å². The molecule has 1 aromatic rings. The van der Waals surface area contributed by atoms with Crippen molar-refractivity contribution in [2.75, 3.05) is 6.54 Å². The highest BCUT2D eigenvalue weighted by molar-refractivity contribution is 9.10. The number of fused-ring (bicyclic) bond motifs is 1. The van der Waals surface area contributed by atoms with Gasteiger partial charge in [0.2, 0.25) is 0 Å². The van der Waals surface area contributed by atoms with Crippen LogP contribution in [0.25, 0.3) is 5.70 Å². The fourth-order valence-corrected chi connectivity index (χ4v) is 1.85. The Morgan fingerprint density at radius 3 is 3.08 bits per heavy atom. The third kappa shape index (κ3) is 1.27. The molecule has 0 spiro atoms. The summed E-state index contributed by atoms with van der Waals surface area (Å²) in [6.07, 6.45) is 1.10. The van der Waals surface area contributed by atoms with Gasteiger partial charge in [-0.3, -0.25) is 0 Å². The van der Waals surface area contributed by atoms with Crippen molar-refractivity contribution in [2.24, 2.45) is 0 Å². The normalized spacial score (nSPS) is 15.2. The molecule has 0 unspecified atom stereocenters. The second kappa shape index (κ2) is 2.94. The number of hydrogen-bond acceptors (Lipinski definition) is 1. The van der Waals surface area contributed by atoms with E-state index in [0.29, 0.717) is 0 Å².